The number of pyridine rings is 1. The molecule has 5 heteroatoms. The van der Waals surface area contributed by atoms with Gasteiger partial charge in [-0.2, -0.15) is 4.39 Å². The number of nitrogens with one attached hydrogen (secondary N) is 1. The molecule has 1 N–H and O–H groups in total. The van der Waals surface area contributed by atoms with Crippen molar-refractivity contribution in [3.8, 4) is 0 Å². The fraction of sp³-hybridized carbons (Fsp3) is 0.455. The van der Waals surface area contributed by atoms with Crippen LogP contribution in [0.2, 0.25) is 0 Å². The second-order valence-corrected chi connectivity index (χ2v) is 3.54. The Labute approximate surface area is 94.5 Å². The Balaban J connectivity index is 2.52. The van der Waals surface area contributed by atoms with E-state index in [1.165, 1.54) is 12.3 Å². The first-order valence-electron chi connectivity index (χ1n) is 5.23. The van der Waals surface area contributed by atoms with Crippen LogP contribution in [0.15, 0.2) is 18.3 Å². The minimum Gasteiger partial charge on any atom is -0.365 e. The predicted molar refractivity (Wildman–Crippen MR) is 60.8 cm³/mol. The van der Waals surface area contributed by atoms with Gasteiger partial charge in [0.25, 0.3) is 0 Å². The average Bonchev–Trinajstić information content (AvgIpc) is 2.26. The van der Waals surface area contributed by atoms with E-state index in [2.05, 4.69) is 10.3 Å². The number of halogens is 1. The van der Waals surface area contributed by atoms with Crippen LogP contribution in [0, 0.1) is 5.95 Å². The number of nitrogens with zero attached hydrogens (tertiary/aromatic N) is 2. The molecule has 16 heavy (non-hydrogen) atoms. The molecule has 1 amide bonds. The Morgan fingerprint density at radius 2 is 2.38 bits per heavy atom. The lowest BCUT2D eigenvalue weighted by molar-refractivity contribution is -0.119. The van der Waals surface area contributed by atoms with E-state index in [0.717, 1.165) is 6.42 Å². The van der Waals surface area contributed by atoms with E-state index in [1.807, 2.05) is 6.92 Å². The molecule has 0 saturated carbocycles. The lowest BCUT2D eigenvalue weighted by Crippen LogP contribution is -2.35. The summed E-state index contributed by atoms with van der Waals surface area (Å²) in [5.41, 5.74) is 0.638. The smallest absolute Gasteiger partial charge is 0.239 e. The van der Waals surface area contributed by atoms with Gasteiger partial charge in [-0.05, 0) is 12.5 Å². The molecule has 0 atom stereocenters. The zero-order valence-electron chi connectivity index (χ0n) is 9.53. The summed E-state index contributed by atoms with van der Waals surface area (Å²) >= 11 is 0. The molecule has 4 nitrogen and oxygen atoms in total. The van der Waals surface area contributed by atoms with E-state index in [9.17, 15) is 9.18 Å². The van der Waals surface area contributed by atoms with Gasteiger partial charge in [-0.3, -0.25) is 4.79 Å². The van der Waals surface area contributed by atoms with Crippen LogP contribution in [0.25, 0.3) is 0 Å². The van der Waals surface area contributed by atoms with Crippen LogP contribution < -0.4 is 10.2 Å². The van der Waals surface area contributed by atoms with Gasteiger partial charge in [0.05, 0.1) is 6.54 Å². The highest BCUT2D eigenvalue weighted by Gasteiger charge is 2.07. The summed E-state index contributed by atoms with van der Waals surface area (Å²) in [6, 6.07) is 2.96. The molecule has 0 saturated heterocycles. The topological polar surface area (TPSA) is 45.2 Å². The maximum absolute atomic E-state index is 12.8. The zero-order chi connectivity index (χ0) is 12.0. The normalized spacial score (nSPS) is 9.94. The molecule has 1 aromatic heterocycles. The van der Waals surface area contributed by atoms with Crippen LogP contribution in [0.3, 0.4) is 0 Å². The predicted octanol–water partition coefficient (Wildman–Crippen LogP) is 1.18. The summed E-state index contributed by atoms with van der Waals surface area (Å²) in [5, 5.41) is 2.76. The van der Waals surface area contributed by atoms with Gasteiger partial charge in [0.15, 0.2) is 0 Å². The van der Waals surface area contributed by atoms with E-state index < -0.39 is 5.95 Å². The van der Waals surface area contributed by atoms with Crippen LogP contribution in [-0.4, -0.2) is 31.0 Å². The Morgan fingerprint density at radius 3 is 3.00 bits per heavy atom. The van der Waals surface area contributed by atoms with Gasteiger partial charge in [0.1, 0.15) is 0 Å². The number of aromatic nitrogens is 1. The average molecular weight is 225 g/mol. The molecular weight excluding hydrogens is 209 g/mol. The molecule has 0 fully saturated rings. The van der Waals surface area contributed by atoms with Crippen molar-refractivity contribution in [1.29, 1.82) is 0 Å². The number of hydrogen-bond donors (Lipinski definition) is 1. The van der Waals surface area contributed by atoms with Crippen LogP contribution >= 0.6 is 0 Å². The Morgan fingerprint density at radius 1 is 1.62 bits per heavy atom. The molecule has 0 bridgehead atoms. The van der Waals surface area contributed by atoms with E-state index >= 15 is 0 Å². The minimum absolute atomic E-state index is 0.0680. The van der Waals surface area contributed by atoms with Gasteiger partial charge < -0.3 is 10.2 Å². The highest BCUT2D eigenvalue weighted by molar-refractivity contribution is 5.81. The number of likely N-dealkylation sites (N-methyl/N-ethyl adjacent to an activating group) is 1. The molecule has 1 aromatic rings. The first-order chi connectivity index (χ1) is 7.63. The van der Waals surface area contributed by atoms with Gasteiger partial charge in [-0.25, -0.2) is 4.98 Å². The third kappa shape index (κ3) is 3.84. The van der Waals surface area contributed by atoms with E-state index in [4.69, 9.17) is 0 Å². The maximum Gasteiger partial charge on any atom is 0.239 e. The minimum atomic E-state index is -0.543. The number of amides is 1. The molecule has 0 aromatic carbocycles. The summed E-state index contributed by atoms with van der Waals surface area (Å²) < 4.78 is 12.8. The largest absolute Gasteiger partial charge is 0.365 e. The number of hydrogen-bond acceptors (Lipinski definition) is 3. The first-order valence-corrected chi connectivity index (χ1v) is 5.23. The van der Waals surface area contributed by atoms with Crippen LogP contribution in [0.4, 0.5) is 10.1 Å². The van der Waals surface area contributed by atoms with Crippen molar-refractivity contribution in [2.24, 2.45) is 0 Å². The van der Waals surface area contributed by atoms with Gasteiger partial charge in [-0.15, -0.1) is 0 Å². The van der Waals surface area contributed by atoms with Gasteiger partial charge in [-0.1, -0.05) is 6.92 Å². The Kier molecular flexibility index (Phi) is 4.69. The highest BCUT2D eigenvalue weighted by Crippen LogP contribution is 2.11. The molecule has 0 spiro atoms. The standard InChI is InChI=1S/C11H16FN3O/c1-3-5-14-11(16)8-15(2)9-4-6-13-10(12)7-9/h4,6-7H,3,5,8H2,1-2H3,(H,14,16). The molecule has 0 aliphatic rings. The van der Waals surface area contributed by atoms with Crippen molar-refractivity contribution < 1.29 is 9.18 Å². The molecular formula is C11H16FN3O. The van der Waals surface area contributed by atoms with Crippen molar-refractivity contribution >= 4 is 11.6 Å². The van der Waals surface area contributed by atoms with Crippen molar-refractivity contribution in [1.82, 2.24) is 10.3 Å². The quantitative estimate of drug-likeness (QED) is 0.765. The number of rotatable bonds is 5. The Hall–Kier alpha value is -1.65. The molecule has 0 aliphatic carbocycles. The lowest BCUT2D eigenvalue weighted by Gasteiger charge is -2.18. The van der Waals surface area contributed by atoms with Gasteiger partial charge >= 0.3 is 0 Å². The summed E-state index contributed by atoms with van der Waals surface area (Å²) in [4.78, 5) is 16.5. The summed E-state index contributed by atoms with van der Waals surface area (Å²) in [6.07, 6.45) is 2.28. The maximum atomic E-state index is 12.8. The molecule has 0 radical (unpaired) electrons. The van der Waals surface area contributed by atoms with Crippen LogP contribution in [0.1, 0.15) is 13.3 Å². The summed E-state index contributed by atoms with van der Waals surface area (Å²) in [7, 11) is 1.74. The van der Waals surface area contributed by atoms with E-state index in [-0.39, 0.29) is 12.5 Å². The lowest BCUT2D eigenvalue weighted by atomic mass is 10.3. The van der Waals surface area contributed by atoms with Crippen LogP contribution in [0.5, 0.6) is 0 Å². The molecule has 0 aliphatic heterocycles. The first kappa shape index (κ1) is 12.4. The van der Waals surface area contributed by atoms with Crippen molar-refractivity contribution in [3.05, 3.63) is 24.3 Å². The van der Waals surface area contributed by atoms with Crippen molar-refractivity contribution in [3.63, 3.8) is 0 Å². The molecule has 0 unspecified atom stereocenters. The second kappa shape index (κ2) is 6.05. The van der Waals surface area contributed by atoms with Gasteiger partial charge in [0.2, 0.25) is 11.9 Å². The van der Waals surface area contributed by atoms with Gasteiger partial charge in [0, 0.05) is 31.5 Å². The fourth-order valence-corrected chi connectivity index (χ4v) is 1.26. The Bertz CT molecular complexity index is 357. The second-order valence-electron chi connectivity index (χ2n) is 3.54. The zero-order valence-corrected chi connectivity index (χ0v) is 9.53. The summed E-state index contributed by atoms with van der Waals surface area (Å²) in [6.45, 7) is 2.86. The highest BCUT2D eigenvalue weighted by atomic mass is 19.1. The SMILES string of the molecule is CCCNC(=O)CN(C)c1ccnc(F)c1. The number of anilines is 1. The molecule has 1 heterocycles. The van der Waals surface area contributed by atoms with E-state index in [0.29, 0.717) is 12.2 Å². The van der Waals surface area contributed by atoms with Crippen molar-refractivity contribution in [2.45, 2.75) is 13.3 Å². The third-order valence-corrected chi connectivity index (χ3v) is 2.10. The third-order valence-electron chi connectivity index (χ3n) is 2.10. The molecule has 88 valence electrons. The van der Waals surface area contributed by atoms with Crippen molar-refractivity contribution in [2.75, 3.05) is 25.0 Å². The number of carbonyl (C=O) groups is 1. The number of carbonyl (C=O) groups excluding carboxylic acids is 1. The molecule has 1 rings (SSSR count). The summed E-state index contributed by atoms with van der Waals surface area (Å²) in [5.74, 6) is -0.611. The van der Waals surface area contributed by atoms with E-state index in [1.54, 1.807) is 18.0 Å². The van der Waals surface area contributed by atoms with Crippen LogP contribution in [-0.2, 0) is 4.79 Å². The fourth-order valence-electron chi connectivity index (χ4n) is 1.26. The monoisotopic (exact) mass is 225 g/mol.